The number of nitrogens with zero attached hydrogens (tertiary/aromatic N) is 4. The molecule has 104 valence electrons. The molecule has 2 aliphatic rings. The third kappa shape index (κ3) is 2.02. The predicted octanol–water partition coefficient (Wildman–Crippen LogP) is 2.13. The summed E-state index contributed by atoms with van der Waals surface area (Å²) in [5.74, 6) is 2.08. The first-order chi connectivity index (χ1) is 9.85. The normalized spacial score (nSPS) is 25.4. The van der Waals surface area contributed by atoms with Crippen molar-refractivity contribution in [1.82, 2.24) is 19.7 Å². The van der Waals surface area contributed by atoms with Crippen LogP contribution in [0, 0.1) is 5.92 Å². The van der Waals surface area contributed by atoms with Crippen molar-refractivity contribution in [3.63, 3.8) is 0 Å². The van der Waals surface area contributed by atoms with Crippen LogP contribution in [0.15, 0.2) is 24.7 Å². The van der Waals surface area contributed by atoms with Gasteiger partial charge in [0, 0.05) is 24.5 Å². The molecule has 0 saturated heterocycles. The van der Waals surface area contributed by atoms with Crippen molar-refractivity contribution in [2.75, 3.05) is 6.54 Å². The molecule has 5 nitrogen and oxygen atoms in total. The summed E-state index contributed by atoms with van der Waals surface area (Å²) < 4.78 is 2.13. The minimum absolute atomic E-state index is 0.513. The van der Waals surface area contributed by atoms with Crippen LogP contribution >= 0.6 is 0 Å². The summed E-state index contributed by atoms with van der Waals surface area (Å²) in [5.41, 5.74) is 8.01. The maximum atomic E-state index is 5.71. The molecule has 0 radical (unpaired) electrons. The second kappa shape index (κ2) is 4.66. The number of hydrogen-bond donors (Lipinski definition) is 1. The summed E-state index contributed by atoms with van der Waals surface area (Å²) >= 11 is 0. The number of hydrogen-bond acceptors (Lipinski definition) is 4. The van der Waals surface area contributed by atoms with Gasteiger partial charge in [-0.3, -0.25) is 4.68 Å². The lowest BCUT2D eigenvalue weighted by Crippen LogP contribution is -2.32. The number of rotatable bonds is 4. The van der Waals surface area contributed by atoms with Crippen LogP contribution in [-0.4, -0.2) is 26.3 Å². The highest BCUT2D eigenvalue weighted by Gasteiger charge is 2.34. The van der Waals surface area contributed by atoms with Gasteiger partial charge in [0.15, 0.2) is 5.82 Å². The van der Waals surface area contributed by atoms with Crippen LogP contribution in [0.2, 0.25) is 0 Å². The van der Waals surface area contributed by atoms with Crippen molar-refractivity contribution in [3.8, 4) is 11.4 Å². The molecule has 2 saturated carbocycles. The molecule has 2 aromatic rings. The summed E-state index contributed by atoms with van der Waals surface area (Å²) in [5, 5.41) is 4.84. The molecule has 0 aliphatic heterocycles. The van der Waals surface area contributed by atoms with Gasteiger partial charge in [-0.25, -0.2) is 9.97 Å². The molecule has 2 N–H and O–H groups in total. The topological polar surface area (TPSA) is 69.6 Å². The highest BCUT2D eigenvalue weighted by molar-refractivity contribution is 5.58. The Hall–Kier alpha value is -1.75. The molecule has 5 heteroatoms. The van der Waals surface area contributed by atoms with Crippen LogP contribution in [0.4, 0.5) is 0 Å². The minimum atomic E-state index is 0.513. The van der Waals surface area contributed by atoms with E-state index in [0.717, 1.165) is 30.8 Å². The van der Waals surface area contributed by atoms with Crippen LogP contribution in [-0.2, 0) is 0 Å². The Morgan fingerprint density at radius 2 is 1.95 bits per heavy atom. The smallest absolute Gasteiger partial charge is 0.162 e. The SMILES string of the molecule is NCC1CC(n2cc(-c3ncccn3)c(C3CC3)n2)C1. The lowest BCUT2D eigenvalue weighted by atomic mass is 9.80. The van der Waals surface area contributed by atoms with Crippen molar-refractivity contribution in [2.45, 2.75) is 37.6 Å². The van der Waals surface area contributed by atoms with Crippen molar-refractivity contribution in [3.05, 3.63) is 30.4 Å². The van der Waals surface area contributed by atoms with Gasteiger partial charge >= 0.3 is 0 Å². The van der Waals surface area contributed by atoms with Gasteiger partial charge in [-0.1, -0.05) is 0 Å². The Kier molecular flexibility index (Phi) is 2.80. The first-order valence-corrected chi connectivity index (χ1v) is 7.41. The molecule has 0 aromatic carbocycles. The fourth-order valence-corrected chi connectivity index (χ4v) is 2.97. The molecule has 4 rings (SSSR count). The third-order valence-electron chi connectivity index (χ3n) is 4.45. The van der Waals surface area contributed by atoms with Gasteiger partial charge in [0.05, 0.1) is 17.3 Å². The van der Waals surface area contributed by atoms with E-state index in [1.54, 1.807) is 12.4 Å². The van der Waals surface area contributed by atoms with Crippen molar-refractivity contribution in [1.29, 1.82) is 0 Å². The van der Waals surface area contributed by atoms with Gasteiger partial charge in [0.25, 0.3) is 0 Å². The zero-order valence-corrected chi connectivity index (χ0v) is 11.4. The molecular formula is C15H19N5. The summed E-state index contributed by atoms with van der Waals surface area (Å²) in [7, 11) is 0. The van der Waals surface area contributed by atoms with Gasteiger partial charge < -0.3 is 5.73 Å². The molecule has 2 aliphatic carbocycles. The quantitative estimate of drug-likeness (QED) is 0.923. The molecule has 0 unspecified atom stereocenters. The molecule has 2 aromatic heterocycles. The maximum Gasteiger partial charge on any atom is 0.162 e. The van der Waals surface area contributed by atoms with Crippen LogP contribution in [0.25, 0.3) is 11.4 Å². The average Bonchev–Trinajstić information content (AvgIpc) is 3.19. The minimum Gasteiger partial charge on any atom is -0.330 e. The highest BCUT2D eigenvalue weighted by atomic mass is 15.3. The van der Waals surface area contributed by atoms with Crippen LogP contribution in [0.3, 0.4) is 0 Å². The first-order valence-electron chi connectivity index (χ1n) is 7.41. The van der Waals surface area contributed by atoms with E-state index in [9.17, 15) is 0 Å². The zero-order valence-electron chi connectivity index (χ0n) is 11.4. The lowest BCUT2D eigenvalue weighted by Gasteiger charge is -2.34. The molecule has 0 bridgehead atoms. The van der Waals surface area contributed by atoms with Crippen LogP contribution in [0.5, 0.6) is 0 Å². The molecule has 0 spiro atoms. The van der Waals surface area contributed by atoms with E-state index in [2.05, 4.69) is 20.8 Å². The number of nitrogens with two attached hydrogens (primary N) is 1. The fraction of sp³-hybridized carbons (Fsp3) is 0.533. The van der Waals surface area contributed by atoms with E-state index in [1.165, 1.54) is 18.5 Å². The van der Waals surface area contributed by atoms with E-state index < -0.39 is 0 Å². The molecule has 20 heavy (non-hydrogen) atoms. The van der Waals surface area contributed by atoms with E-state index in [0.29, 0.717) is 17.9 Å². The summed E-state index contributed by atoms with van der Waals surface area (Å²) in [6.45, 7) is 0.794. The Morgan fingerprint density at radius 1 is 1.20 bits per heavy atom. The zero-order chi connectivity index (χ0) is 13.5. The molecule has 0 atom stereocenters. The van der Waals surface area contributed by atoms with Crippen LogP contribution < -0.4 is 5.73 Å². The summed E-state index contributed by atoms with van der Waals surface area (Å²) in [6, 6.07) is 2.36. The van der Waals surface area contributed by atoms with Crippen molar-refractivity contribution < 1.29 is 0 Å². The second-order valence-corrected chi connectivity index (χ2v) is 5.98. The van der Waals surface area contributed by atoms with Gasteiger partial charge in [0.1, 0.15) is 0 Å². The predicted molar refractivity (Wildman–Crippen MR) is 76.0 cm³/mol. The van der Waals surface area contributed by atoms with E-state index in [-0.39, 0.29) is 0 Å². The third-order valence-corrected chi connectivity index (χ3v) is 4.45. The summed E-state index contributed by atoms with van der Waals surface area (Å²) in [6.07, 6.45) is 10.5. The Bertz CT molecular complexity index is 596. The van der Waals surface area contributed by atoms with Crippen LogP contribution in [0.1, 0.15) is 43.3 Å². The lowest BCUT2D eigenvalue weighted by molar-refractivity contribution is 0.189. The standard InChI is InChI=1S/C15H19N5/c16-8-10-6-12(7-10)20-9-13(14(19-20)11-2-3-11)15-17-4-1-5-18-15/h1,4-5,9-12H,2-3,6-8,16H2. The summed E-state index contributed by atoms with van der Waals surface area (Å²) in [4.78, 5) is 8.77. The Labute approximate surface area is 118 Å². The van der Waals surface area contributed by atoms with E-state index in [4.69, 9.17) is 10.8 Å². The molecule has 0 amide bonds. The second-order valence-electron chi connectivity index (χ2n) is 5.98. The van der Waals surface area contributed by atoms with Gasteiger partial charge in [0.2, 0.25) is 0 Å². The average molecular weight is 269 g/mol. The van der Waals surface area contributed by atoms with Gasteiger partial charge in [-0.15, -0.1) is 0 Å². The first kappa shape index (κ1) is 12.0. The van der Waals surface area contributed by atoms with E-state index in [1.807, 2.05) is 6.07 Å². The van der Waals surface area contributed by atoms with E-state index >= 15 is 0 Å². The maximum absolute atomic E-state index is 5.71. The molecular weight excluding hydrogens is 250 g/mol. The Morgan fingerprint density at radius 3 is 2.60 bits per heavy atom. The monoisotopic (exact) mass is 269 g/mol. The Balaban J connectivity index is 1.66. The van der Waals surface area contributed by atoms with Crippen molar-refractivity contribution in [2.24, 2.45) is 11.7 Å². The molecule has 2 heterocycles. The van der Waals surface area contributed by atoms with Crippen molar-refractivity contribution >= 4 is 0 Å². The van der Waals surface area contributed by atoms with Gasteiger partial charge in [-0.2, -0.15) is 5.10 Å². The number of aromatic nitrogens is 4. The highest BCUT2D eigenvalue weighted by Crippen LogP contribution is 2.45. The largest absolute Gasteiger partial charge is 0.330 e. The molecule has 2 fully saturated rings. The fourth-order valence-electron chi connectivity index (χ4n) is 2.97. The van der Waals surface area contributed by atoms with Gasteiger partial charge in [-0.05, 0) is 44.2 Å².